The molecule has 0 radical (unpaired) electrons. The molecule has 22 heteroatoms. The molecule has 0 aromatic carbocycles. The second-order valence-corrected chi connectivity index (χ2v) is 10.5. The molecule has 0 saturated carbocycles. The normalized spacial score (nSPS) is 12.9. The smallest absolute Gasteiger partial charge is 0.548 e. The molecule has 0 unspecified atom stereocenters. The third-order valence-corrected chi connectivity index (χ3v) is 7.08. The number of carboxylic acids is 4. The number of nitrogens with one attached hydrogen (secondary N) is 4. The Morgan fingerprint density at radius 2 is 1.10 bits per heavy atom. The van der Waals surface area contributed by atoms with Crippen LogP contribution in [-0.4, -0.2) is 106 Å². The summed E-state index contributed by atoms with van der Waals surface area (Å²) in [6.07, 6.45) is -1.26. The number of nitrogens with two attached hydrogens (primary N) is 2. The summed E-state index contributed by atoms with van der Waals surface area (Å²) in [7, 11) is 1.84. The Morgan fingerprint density at radius 1 is 0.690 bits per heavy atom. The van der Waals surface area contributed by atoms with Crippen molar-refractivity contribution in [3.05, 3.63) is 0 Å². The molecule has 0 heterocycles. The summed E-state index contributed by atoms with van der Waals surface area (Å²) in [5.41, 5.74) is 10.6. The van der Waals surface area contributed by atoms with Gasteiger partial charge in [-0.2, -0.15) is 0 Å². The van der Waals surface area contributed by atoms with E-state index in [9.17, 15) is 48.6 Å². The first kappa shape index (κ1) is 44.8. The Balaban J connectivity index is -0.00000760. The molecule has 18 nitrogen and oxygen atoms in total. The molecule has 0 bridgehead atoms. The van der Waals surface area contributed by atoms with Crippen LogP contribution in [0.2, 0.25) is 0 Å². The third-order valence-electron chi connectivity index (χ3n) is 4.66. The molecule has 0 spiro atoms. The molecular weight excluding hydrogens is 626 g/mol. The molecule has 226 valence electrons. The van der Waals surface area contributed by atoms with Crippen LogP contribution in [0.3, 0.4) is 0 Å². The van der Waals surface area contributed by atoms with E-state index < -0.39 is 84.8 Å². The molecule has 0 aliphatic carbocycles. The van der Waals surface area contributed by atoms with E-state index in [4.69, 9.17) is 21.7 Å². The van der Waals surface area contributed by atoms with Gasteiger partial charge in [0.2, 0.25) is 23.6 Å². The fraction of sp³-hybridized carbons (Fsp3) is 0.600. The summed E-state index contributed by atoms with van der Waals surface area (Å²) in [4.78, 5) is 91.9. The van der Waals surface area contributed by atoms with E-state index in [0.29, 0.717) is 0 Å². The maximum Gasteiger partial charge on any atom is 1.00 e. The average Bonchev–Trinajstić information content (AvgIpc) is 2.87. The average molecular weight is 657 g/mol. The Labute approximate surface area is 291 Å². The van der Waals surface area contributed by atoms with Gasteiger partial charge >= 0.3 is 71.1 Å². The van der Waals surface area contributed by atoms with Crippen LogP contribution in [-0.2, 0) is 38.4 Å². The topological polar surface area (TPSA) is 323 Å². The zero-order valence-corrected chi connectivity index (χ0v) is 28.5. The molecule has 0 aliphatic rings. The standard InChI is InChI=1S/C20H32N6O12S2.2Na/c21-9(19(35)36)1-3-13(27)25-11(17(33)23-5-15(29)30)7-39-40-8-12(18(34)24-6-16(31)32)26-14(28)4-2-10(22)20(37)38;;/h9-12H,1-8,21-22H2,(H,23,33)(H,24,34)(H,25,27)(H,26,28)(H,29,30)(H,31,32)(H,35,36)(H,37,38);;/q;2*+1/p-2/t9-,10-,11+,12+;;/m0../s1. The zero-order valence-electron chi connectivity index (χ0n) is 22.9. The van der Waals surface area contributed by atoms with Gasteiger partial charge in [0.25, 0.3) is 0 Å². The number of hydrogen-bond donors (Lipinski definition) is 8. The molecule has 0 aliphatic heterocycles. The van der Waals surface area contributed by atoms with Crippen molar-refractivity contribution in [2.24, 2.45) is 11.5 Å². The summed E-state index contributed by atoms with van der Waals surface area (Å²) < 4.78 is 0. The maximum atomic E-state index is 12.4. The van der Waals surface area contributed by atoms with Gasteiger partial charge in [-0.05, 0) is 12.8 Å². The number of aliphatic carboxylic acids is 4. The SMILES string of the molecule is N[C@@H](CCC(=O)N[C@H](CSSC[C@@H](NC(=O)CC[C@H](N)C(=O)O)C(=O)NCC(=O)[O-])C(=O)NCC(=O)O)C(=O)[O-].[Na+].[Na+]. The summed E-state index contributed by atoms with van der Waals surface area (Å²) in [6.45, 7) is -1.61. The van der Waals surface area contributed by atoms with E-state index >= 15 is 0 Å². The van der Waals surface area contributed by atoms with Crippen molar-refractivity contribution in [3.8, 4) is 0 Å². The number of carboxylic acid groups (broad SMARTS) is 4. The van der Waals surface area contributed by atoms with E-state index in [-0.39, 0.29) is 96.3 Å². The first-order chi connectivity index (χ1) is 18.6. The van der Waals surface area contributed by atoms with E-state index in [2.05, 4.69) is 16.0 Å². The van der Waals surface area contributed by atoms with Crippen LogP contribution in [0.4, 0.5) is 0 Å². The molecule has 0 rings (SSSR count). The number of carbonyl (C=O) groups excluding carboxylic acids is 6. The van der Waals surface area contributed by atoms with Gasteiger partial charge in [0.05, 0.1) is 18.5 Å². The number of amides is 4. The molecule has 0 saturated heterocycles. The molecule has 10 N–H and O–H groups in total. The first-order valence-electron chi connectivity index (χ1n) is 11.4. The van der Waals surface area contributed by atoms with E-state index in [0.717, 1.165) is 21.6 Å². The Kier molecular flexibility index (Phi) is 26.4. The van der Waals surface area contributed by atoms with Crippen molar-refractivity contribution < 1.29 is 118 Å². The minimum atomic E-state index is -1.60. The minimum Gasteiger partial charge on any atom is -0.548 e. The molecule has 42 heavy (non-hydrogen) atoms. The van der Waals surface area contributed by atoms with E-state index in [1.807, 2.05) is 5.32 Å². The van der Waals surface area contributed by atoms with Crippen LogP contribution in [0.15, 0.2) is 0 Å². The molecule has 0 aromatic heterocycles. The van der Waals surface area contributed by atoms with Crippen molar-refractivity contribution in [2.75, 3.05) is 24.6 Å². The monoisotopic (exact) mass is 656 g/mol. The van der Waals surface area contributed by atoms with Gasteiger partial charge in [0, 0.05) is 30.4 Å². The van der Waals surface area contributed by atoms with Crippen molar-refractivity contribution in [1.82, 2.24) is 21.3 Å². The van der Waals surface area contributed by atoms with Crippen LogP contribution < -0.4 is 102 Å². The molecule has 0 aromatic rings. The van der Waals surface area contributed by atoms with Crippen LogP contribution in [0.25, 0.3) is 0 Å². The maximum absolute atomic E-state index is 12.4. The molecule has 4 atom stereocenters. The number of hydrogen-bond acceptors (Lipinski definition) is 14. The van der Waals surface area contributed by atoms with Gasteiger partial charge < -0.3 is 62.7 Å². The van der Waals surface area contributed by atoms with Gasteiger partial charge in [-0.15, -0.1) is 0 Å². The van der Waals surface area contributed by atoms with Crippen LogP contribution in [0.5, 0.6) is 0 Å². The van der Waals surface area contributed by atoms with Crippen molar-refractivity contribution in [1.29, 1.82) is 0 Å². The Hall–Kier alpha value is -1.62. The zero-order chi connectivity index (χ0) is 30.8. The largest absolute Gasteiger partial charge is 1.00 e. The predicted octanol–water partition coefficient (Wildman–Crippen LogP) is -12.5. The Morgan fingerprint density at radius 3 is 1.45 bits per heavy atom. The second-order valence-electron chi connectivity index (χ2n) is 7.96. The van der Waals surface area contributed by atoms with Gasteiger partial charge in [0.1, 0.15) is 24.7 Å². The van der Waals surface area contributed by atoms with E-state index in [1.165, 1.54) is 0 Å². The quantitative estimate of drug-likeness (QED) is 0.0323. The second kappa shape index (κ2) is 24.8. The van der Waals surface area contributed by atoms with Gasteiger partial charge in [-0.25, -0.2) is 0 Å². The van der Waals surface area contributed by atoms with Crippen LogP contribution in [0.1, 0.15) is 25.7 Å². The van der Waals surface area contributed by atoms with Gasteiger partial charge in [-0.1, -0.05) is 21.6 Å². The summed E-state index contributed by atoms with van der Waals surface area (Å²) in [6, 6.07) is -5.34. The molecular formula is C20H30N6Na2O12S2. The van der Waals surface area contributed by atoms with Crippen LogP contribution in [0, 0.1) is 0 Å². The van der Waals surface area contributed by atoms with Gasteiger partial charge in [-0.3, -0.25) is 28.8 Å². The van der Waals surface area contributed by atoms with Crippen molar-refractivity contribution >= 4 is 69.1 Å². The summed E-state index contributed by atoms with van der Waals surface area (Å²) in [5.74, 6) is -9.51. The molecule has 0 fully saturated rings. The third kappa shape index (κ3) is 22.0. The minimum absolute atomic E-state index is 0. The van der Waals surface area contributed by atoms with E-state index in [1.54, 1.807) is 0 Å². The number of carbonyl (C=O) groups is 8. The van der Waals surface area contributed by atoms with Crippen molar-refractivity contribution in [2.45, 2.75) is 49.9 Å². The van der Waals surface area contributed by atoms with Crippen molar-refractivity contribution in [3.63, 3.8) is 0 Å². The number of rotatable bonds is 21. The fourth-order valence-corrected chi connectivity index (χ4v) is 4.84. The van der Waals surface area contributed by atoms with Gasteiger partial charge in [0.15, 0.2) is 0 Å². The summed E-state index contributed by atoms with van der Waals surface area (Å²) in [5, 5.41) is 47.7. The Bertz CT molecular complexity index is 891. The fourth-order valence-electron chi connectivity index (χ4n) is 2.51. The molecule has 4 amide bonds. The van der Waals surface area contributed by atoms with Crippen LogP contribution >= 0.6 is 21.6 Å². The predicted molar refractivity (Wildman–Crippen MR) is 135 cm³/mol. The summed E-state index contributed by atoms with van der Waals surface area (Å²) >= 11 is 0. The first-order valence-corrected chi connectivity index (χ1v) is 13.9.